The molecule has 0 aliphatic heterocycles. The van der Waals surface area contributed by atoms with Crippen LogP contribution in [0.5, 0.6) is 0 Å². The van der Waals surface area contributed by atoms with Crippen LogP contribution < -0.4 is 5.32 Å². The minimum Gasteiger partial charge on any atom is -0.456 e. The Labute approximate surface area is 163 Å². The second-order valence-electron chi connectivity index (χ2n) is 6.55. The summed E-state index contributed by atoms with van der Waals surface area (Å²) < 4.78 is 4.93. The molecular formula is C22H23NO5. The predicted octanol–water partition coefficient (Wildman–Crippen LogP) is 3.65. The van der Waals surface area contributed by atoms with Gasteiger partial charge in [0.05, 0.1) is 12.1 Å². The van der Waals surface area contributed by atoms with Crippen molar-refractivity contribution in [3.8, 4) is 0 Å². The van der Waals surface area contributed by atoms with Gasteiger partial charge in [-0.25, -0.2) is 0 Å². The number of hydrogen-bond donors (Lipinski definition) is 1. The lowest BCUT2D eigenvalue weighted by molar-refractivity contribution is -0.147. The van der Waals surface area contributed by atoms with Gasteiger partial charge in [0.15, 0.2) is 18.2 Å². The summed E-state index contributed by atoms with van der Waals surface area (Å²) in [5, 5.41) is 2.55. The van der Waals surface area contributed by atoms with E-state index in [-0.39, 0.29) is 24.4 Å². The highest BCUT2D eigenvalue weighted by atomic mass is 16.5. The quantitative estimate of drug-likeness (QED) is 0.557. The average Bonchev–Trinajstić information content (AvgIpc) is 2.66. The van der Waals surface area contributed by atoms with Gasteiger partial charge in [-0.05, 0) is 44.5 Å². The molecule has 0 aromatic heterocycles. The highest BCUT2D eigenvalue weighted by Crippen LogP contribution is 2.16. The summed E-state index contributed by atoms with van der Waals surface area (Å²) in [5.74, 6) is -1.51. The number of carbonyl (C=O) groups is 4. The van der Waals surface area contributed by atoms with Gasteiger partial charge in [-0.2, -0.15) is 0 Å². The molecule has 0 unspecified atom stereocenters. The zero-order valence-corrected chi connectivity index (χ0v) is 16.2. The summed E-state index contributed by atoms with van der Waals surface area (Å²) in [4.78, 5) is 47.7. The molecule has 2 rings (SSSR count). The Bertz CT molecular complexity index is 917. The number of nitrogens with one attached hydrogen (secondary N) is 1. The maximum absolute atomic E-state index is 12.3. The monoisotopic (exact) mass is 381 g/mol. The lowest BCUT2D eigenvalue weighted by atomic mass is 9.99. The molecule has 0 heterocycles. The molecule has 0 spiro atoms. The number of carbonyl (C=O) groups excluding carboxylic acids is 4. The van der Waals surface area contributed by atoms with Crippen LogP contribution in [-0.2, 0) is 14.3 Å². The SMILES string of the molecule is CC(=O)c1ccccc1NC(=O)COC(=O)CCC(=O)c1cc(C)ccc1C. The Balaban J connectivity index is 1.82. The van der Waals surface area contributed by atoms with Crippen LogP contribution in [0.1, 0.15) is 51.6 Å². The second kappa shape index (κ2) is 9.60. The van der Waals surface area contributed by atoms with Crippen LogP contribution in [0.2, 0.25) is 0 Å². The standard InChI is InChI=1S/C22H23NO5/c1-14-8-9-15(2)18(12-14)20(25)10-11-22(27)28-13-21(26)23-19-7-5-4-6-17(19)16(3)24/h4-9,12H,10-11,13H2,1-3H3,(H,23,26). The van der Waals surface area contributed by atoms with E-state index in [0.717, 1.165) is 11.1 Å². The van der Waals surface area contributed by atoms with Crippen molar-refractivity contribution in [2.45, 2.75) is 33.6 Å². The maximum atomic E-state index is 12.3. The van der Waals surface area contributed by atoms with Gasteiger partial charge in [0.25, 0.3) is 5.91 Å². The molecule has 1 N–H and O–H groups in total. The molecule has 0 bridgehead atoms. The van der Waals surface area contributed by atoms with Gasteiger partial charge in [0.2, 0.25) is 0 Å². The molecule has 2 aromatic carbocycles. The summed E-state index contributed by atoms with van der Waals surface area (Å²) in [6.07, 6.45) is -0.0958. The fourth-order valence-electron chi connectivity index (χ4n) is 2.69. The van der Waals surface area contributed by atoms with Gasteiger partial charge >= 0.3 is 5.97 Å². The highest BCUT2D eigenvalue weighted by molar-refractivity contribution is 6.04. The average molecular weight is 381 g/mol. The molecule has 0 aliphatic rings. The van der Waals surface area contributed by atoms with Crippen molar-refractivity contribution >= 4 is 29.1 Å². The molecule has 6 heteroatoms. The zero-order chi connectivity index (χ0) is 20.7. The molecule has 1 amide bonds. The topological polar surface area (TPSA) is 89.5 Å². The third kappa shape index (κ3) is 5.87. The van der Waals surface area contributed by atoms with Crippen LogP contribution in [0.3, 0.4) is 0 Å². The van der Waals surface area contributed by atoms with Crippen molar-refractivity contribution < 1.29 is 23.9 Å². The Morgan fingerprint density at radius 3 is 2.36 bits per heavy atom. The molecule has 28 heavy (non-hydrogen) atoms. The fourth-order valence-corrected chi connectivity index (χ4v) is 2.69. The first-order chi connectivity index (χ1) is 13.3. The van der Waals surface area contributed by atoms with Crippen LogP contribution >= 0.6 is 0 Å². The molecule has 146 valence electrons. The van der Waals surface area contributed by atoms with Crippen molar-refractivity contribution in [1.82, 2.24) is 0 Å². The third-order valence-electron chi connectivity index (χ3n) is 4.19. The minimum atomic E-state index is -0.631. The number of amides is 1. The summed E-state index contributed by atoms with van der Waals surface area (Å²) in [6.45, 7) is 4.66. The third-order valence-corrected chi connectivity index (χ3v) is 4.19. The number of Topliss-reactive ketones (excluding diaryl/α,β-unsaturated/α-hetero) is 2. The molecular weight excluding hydrogens is 358 g/mol. The van der Waals surface area contributed by atoms with Crippen LogP contribution in [0.25, 0.3) is 0 Å². The smallest absolute Gasteiger partial charge is 0.306 e. The fraction of sp³-hybridized carbons (Fsp3) is 0.273. The summed E-state index contributed by atoms with van der Waals surface area (Å²) in [6, 6.07) is 12.2. The molecule has 0 atom stereocenters. The first kappa shape index (κ1) is 21.0. The van der Waals surface area contributed by atoms with Gasteiger partial charge in [-0.1, -0.05) is 29.8 Å². The van der Waals surface area contributed by atoms with E-state index in [9.17, 15) is 19.2 Å². The Morgan fingerprint density at radius 1 is 0.929 bits per heavy atom. The number of aryl methyl sites for hydroxylation is 2. The normalized spacial score (nSPS) is 10.2. The first-order valence-electron chi connectivity index (χ1n) is 8.94. The molecule has 0 aliphatic carbocycles. The van der Waals surface area contributed by atoms with Crippen molar-refractivity contribution in [2.75, 3.05) is 11.9 Å². The van der Waals surface area contributed by atoms with E-state index in [2.05, 4.69) is 5.32 Å². The summed E-state index contributed by atoms with van der Waals surface area (Å²) >= 11 is 0. The summed E-state index contributed by atoms with van der Waals surface area (Å²) in [5.41, 5.74) is 3.15. The van der Waals surface area contributed by atoms with E-state index < -0.39 is 18.5 Å². The van der Waals surface area contributed by atoms with Gasteiger partial charge in [-0.3, -0.25) is 19.2 Å². The number of hydrogen-bond acceptors (Lipinski definition) is 5. The van der Waals surface area contributed by atoms with Crippen LogP contribution in [-0.4, -0.2) is 30.0 Å². The Kier molecular flexibility index (Phi) is 7.21. The van der Waals surface area contributed by atoms with E-state index in [1.165, 1.54) is 6.92 Å². The molecule has 0 fully saturated rings. The van der Waals surface area contributed by atoms with E-state index >= 15 is 0 Å². The number of anilines is 1. The van der Waals surface area contributed by atoms with Crippen molar-refractivity contribution in [3.63, 3.8) is 0 Å². The minimum absolute atomic E-state index is 0.0118. The first-order valence-corrected chi connectivity index (χ1v) is 8.94. The number of para-hydroxylation sites is 1. The lowest BCUT2D eigenvalue weighted by Gasteiger charge is -2.10. The van der Waals surface area contributed by atoms with Crippen LogP contribution in [0.15, 0.2) is 42.5 Å². The van der Waals surface area contributed by atoms with Gasteiger partial charge in [0, 0.05) is 17.5 Å². The molecule has 0 radical (unpaired) electrons. The van der Waals surface area contributed by atoms with Crippen LogP contribution in [0.4, 0.5) is 5.69 Å². The number of rotatable bonds is 8. The maximum Gasteiger partial charge on any atom is 0.306 e. The summed E-state index contributed by atoms with van der Waals surface area (Å²) in [7, 11) is 0. The highest BCUT2D eigenvalue weighted by Gasteiger charge is 2.15. The van der Waals surface area contributed by atoms with Gasteiger partial charge < -0.3 is 10.1 Å². The van der Waals surface area contributed by atoms with E-state index in [4.69, 9.17) is 4.74 Å². The predicted molar refractivity (Wildman–Crippen MR) is 106 cm³/mol. The Morgan fingerprint density at radius 2 is 1.64 bits per heavy atom. The zero-order valence-electron chi connectivity index (χ0n) is 16.2. The number of ether oxygens (including phenoxy) is 1. The molecule has 0 saturated carbocycles. The van der Waals surface area contributed by atoms with Gasteiger partial charge in [0.1, 0.15) is 0 Å². The van der Waals surface area contributed by atoms with Crippen molar-refractivity contribution in [2.24, 2.45) is 0 Å². The number of benzene rings is 2. The number of esters is 1. The second-order valence-corrected chi connectivity index (χ2v) is 6.55. The van der Waals surface area contributed by atoms with E-state index in [1.54, 1.807) is 30.3 Å². The molecule has 6 nitrogen and oxygen atoms in total. The van der Waals surface area contributed by atoms with Crippen molar-refractivity contribution in [1.29, 1.82) is 0 Å². The largest absolute Gasteiger partial charge is 0.456 e. The van der Waals surface area contributed by atoms with Crippen LogP contribution in [0, 0.1) is 13.8 Å². The van der Waals surface area contributed by atoms with Gasteiger partial charge in [-0.15, -0.1) is 0 Å². The Hall–Kier alpha value is -3.28. The van der Waals surface area contributed by atoms with E-state index in [1.807, 2.05) is 26.0 Å². The van der Waals surface area contributed by atoms with E-state index in [0.29, 0.717) is 16.8 Å². The molecule has 2 aromatic rings. The number of ketones is 2. The van der Waals surface area contributed by atoms with Crippen molar-refractivity contribution in [3.05, 3.63) is 64.7 Å². The lowest BCUT2D eigenvalue weighted by Crippen LogP contribution is -2.22. The molecule has 0 saturated heterocycles.